The first-order valence-corrected chi connectivity index (χ1v) is 7.41. The van der Waals surface area contributed by atoms with Gasteiger partial charge >= 0.3 is 0 Å². The van der Waals surface area contributed by atoms with E-state index < -0.39 is 0 Å². The first-order valence-electron chi connectivity index (χ1n) is 7.41. The summed E-state index contributed by atoms with van der Waals surface area (Å²) in [6.07, 6.45) is 9.25. The van der Waals surface area contributed by atoms with Gasteiger partial charge in [-0.1, -0.05) is 6.92 Å². The minimum Gasteiger partial charge on any atom is -0.391 e. The van der Waals surface area contributed by atoms with Crippen molar-refractivity contribution in [2.75, 3.05) is 6.54 Å². The lowest BCUT2D eigenvalue weighted by atomic mass is 9.89. The summed E-state index contributed by atoms with van der Waals surface area (Å²) >= 11 is 0. The Labute approximate surface area is 105 Å². The number of aliphatic hydroxyl groups is 1. The molecular formula is C14H28N2O. The first-order chi connectivity index (χ1) is 8.22. The molecule has 0 spiro atoms. The first kappa shape index (κ1) is 13.3. The lowest BCUT2D eigenvalue weighted by Gasteiger charge is -2.40. The standard InChI is InChI=1S/C14H28N2O/c1-2-10-16(13-4-3-5-14(13)17)12-8-6-11(15)7-9-12/h11-14,17H,2-10,15H2,1H3. The quantitative estimate of drug-likeness (QED) is 0.789. The van der Waals surface area contributed by atoms with Crippen LogP contribution in [-0.4, -0.2) is 40.8 Å². The van der Waals surface area contributed by atoms with E-state index in [1.165, 1.54) is 32.1 Å². The molecule has 2 unspecified atom stereocenters. The van der Waals surface area contributed by atoms with Gasteiger partial charge in [-0.3, -0.25) is 4.90 Å². The van der Waals surface area contributed by atoms with Gasteiger partial charge in [0.2, 0.25) is 0 Å². The summed E-state index contributed by atoms with van der Waals surface area (Å²) in [6, 6.07) is 1.52. The molecule has 0 aromatic carbocycles. The van der Waals surface area contributed by atoms with Gasteiger partial charge in [-0.15, -0.1) is 0 Å². The van der Waals surface area contributed by atoms with Crippen molar-refractivity contribution in [3.05, 3.63) is 0 Å². The highest BCUT2D eigenvalue weighted by Gasteiger charge is 2.35. The molecule has 0 aromatic rings. The van der Waals surface area contributed by atoms with Crippen molar-refractivity contribution in [1.29, 1.82) is 0 Å². The second kappa shape index (κ2) is 6.17. The molecule has 2 rings (SSSR count). The Bertz CT molecular complexity index is 226. The zero-order valence-corrected chi connectivity index (χ0v) is 11.1. The summed E-state index contributed by atoms with van der Waals surface area (Å²) in [7, 11) is 0. The molecule has 3 N–H and O–H groups in total. The van der Waals surface area contributed by atoms with E-state index in [2.05, 4.69) is 11.8 Å². The zero-order chi connectivity index (χ0) is 12.3. The minimum absolute atomic E-state index is 0.0860. The van der Waals surface area contributed by atoms with Crippen molar-refractivity contribution in [3.8, 4) is 0 Å². The average Bonchev–Trinajstić information content (AvgIpc) is 2.74. The maximum atomic E-state index is 10.1. The molecule has 2 fully saturated rings. The van der Waals surface area contributed by atoms with E-state index in [4.69, 9.17) is 5.73 Å². The summed E-state index contributed by atoms with van der Waals surface area (Å²) in [4.78, 5) is 2.60. The van der Waals surface area contributed by atoms with Crippen molar-refractivity contribution in [2.24, 2.45) is 5.73 Å². The Hall–Kier alpha value is -0.120. The highest BCUT2D eigenvalue weighted by molar-refractivity contribution is 4.90. The Morgan fingerprint density at radius 1 is 1.12 bits per heavy atom. The van der Waals surface area contributed by atoms with E-state index in [-0.39, 0.29) is 6.10 Å². The van der Waals surface area contributed by atoms with Crippen LogP contribution in [0.2, 0.25) is 0 Å². The van der Waals surface area contributed by atoms with Crippen LogP contribution in [0.15, 0.2) is 0 Å². The van der Waals surface area contributed by atoms with Crippen LogP contribution in [0.5, 0.6) is 0 Å². The van der Waals surface area contributed by atoms with E-state index in [0.717, 1.165) is 25.8 Å². The van der Waals surface area contributed by atoms with Gasteiger partial charge in [0.05, 0.1) is 6.10 Å². The van der Waals surface area contributed by atoms with Gasteiger partial charge in [-0.25, -0.2) is 0 Å². The van der Waals surface area contributed by atoms with Gasteiger partial charge < -0.3 is 10.8 Å². The highest BCUT2D eigenvalue weighted by atomic mass is 16.3. The van der Waals surface area contributed by atoms with Crippen molar-refractivity contribution >= 4 is 0 Å². The lowest BCUT2D eigenvalue weighted by molar-refractivity contribution is 0.0293. The van der Waals surface area contributed by atoms with Gasteiger partial charge in [0, 0.05) is 18.1 Å². The number of nitrogens with two attached hydrogens (primary N) is 1. The zero-order valence-electron chi connectivity index (χ0n) is 11.1. The fourth-order valence-corrected chi connectivity index (χ4v) is 3.62. The normalized spacial score (nSPS) is 38.8. The number of nitrogens with zero attached hydrogens (tertiary/aromatic N) is 1. The Morgan fingerprint density at radius 2 is 1.82 bits per heavy atom. The van der Waals surface area contributed by atoms with Gasteiger partial charge in [0.25, 0.3) is 0 Å². The number of hydrogen-bond donors (Lipinski definition) is 2. The molecule has 3 heteroatoms. The molecule has 3 nitrogen and oxygen atoms in total. The fraction of sp³-hybridized carbons (Fsp3) is 1.00. The Morgan fingerprint density at radius 3 is 2.35 bits per heavy atom. The van der Waals surface area contributed by atoms with Crippen LogP contribution in [0.4, 0.5) is 0 Å². The third-order valence-corrected chi connectivity index (χ3v) is 4.56. The van der Waals surface area contributed by atoms with Crippen LogP contribution in [0.3, 0.4) is 0 Å². The maximum Gasteiger partial charge on any atom is 0.0695 e. The summed E-state index contributed by atoms with van der Waals surface area (Å²) in [5.74, 6) is 0. The fourth-order valence-electron chi connectivity index (χ4n) is 3.62. The monoisotopic (exact) mass is 240 g/mol. The smallest absolute Gasteiger partial charge is 0.0695 e. The molecule has 2 atom stereocenters. The molecule has 0 bridgehead atoms. The van der Waals surface area contributed by atoms with E-state index in [0.29, 0.717) is 18.1 Å². The lowest BCUT2D eigenvalue weighted by Crippen LogP contribution is -2.49. The summed E-state index contributed by atoms with van der Waals surface area (Å²) in [5.41, 5.74) is 5.98. The SMILES string of the molecule is CCCN(C1CCC(N)CC1)C1CCCC1O. The van der Waals surface area contributed by atoms with E-state index in [9.17, 15) is 5.11 Å². The molecule has 100 valence electrons. The van der Waals surface area contributed by atoms with Crippen molar-refractivity contribution in [1.82, 2.24) is 4.90 Å². The molecule has 2 aliphatic rings. The second-order valence-electron chi connectivity index (χ2n) is 5.87. The third kappa shape index (κ3) is 3.21. The van der Waals surface area contributed by atoms with E-state index in [1.54, 1.807) is 0 Å². The predicted molar refractivity (Wildman–Crippen MR) is 70.9 cm³/mol. The van der Waals surface area contributed by atoms with Gasteiger partial charge in [-0.05, 0) is 57.9 Å². The largest absolute Gasteiger partial charge is 0.391 e. The number of aliphatic hydroxyl groups excluding tert-OH is 1. The van der Waals surface area contributed by atoms with E-state index in [1.807, 2.05) is 0 Å². The van der Waals surface area contributed by atoms with Crippen LogP contribution < -0.4 is 5.73 Å². The van der Waals surface area contributed by atoms with Crippen molar-refractivity contribution < 1.29 is 5.11 Å². The summed E-state index contributed by atoms with van der Waals surface area (Å²) in [6.45, 7) is 3.38. The maximum absolute atomic E-state index is 10.1. The van der Waals surface area contributed by atoms with Crippen molar-refractivity contribution in [3.63, 3.8) is 0 Å². The third-order valence-electron chi connectivity index (χ3n) is 4.56. The van der Waals surface area contributed by atoms with E-state index >= 15 is 0 Å². The molecule has 2 saturated carbocycles. The minimum atomic E-state index is -0.0860. The predicted octanol–water partition coefficient (Wildman–Crippen LogP) is 1.88. The molecule has 0 amide bonds. The average molecular weight is 240 g/mol. The Kier molecular flexibility index (Phi) is 4.83. The van der Waals surface area contributed by atoms with Crippen LogP contribution in [-0.2, 0) is 0 Å². The molecule has 0 heterocycles. The molecular weight excluding hydrogens is 212 g/mol. The molecule has 17 heavy (non-hydrogen) atoms. The highest BCUT2D eigenvalue weighted by Crippen LogP contribution is 2.30. The van der Waals surface area contributed by atoms with Gasteiger partial charge in [0.15, 0.2) is 0 Å². The van der Waals surface area contributed by atoms with Crippen LogP contribution in [0, 0.1) is 0 Å². The summed E-state index contributed by atoms with van der Waals surface area (Å²) in [5, 5.41) is 10.1. The molecule has 0 radical (unpaired) electrons. The Balaban J connectivity index is 1.96. The number of hydrogen-bond acceptors (Lipinski definition) is 3. The van der Waals surface area contributed by atoms with Crippen LogP contribution in [0.1, 0.15) is 58.3 Å². The topological polar surface area (TPSA) is 49.5 Å². The molecule has 2 aliphatic carbocycles. The van der Waals surface area contributed by atoms with Gasteiger partial charge in [-0.2, -0.15) is 0 Å². The van der Waals surface area contributed by atoms with Crippen LogP contribution >= 0.6 is 0 Å². The molecule has 0 aliphatic heterocycles. The molecule has 0 aromatic heterocycles. The van der Waals surface area contributed by atoms with Crippen molar-refractivity contribution in [2.45, 2.75) is 82.5 Å². The molecule has 0 saturated heterocycles. The summed E-state index contributed by atoms with van der Waals surface area (Å²) < 4.78 is 0. The number of rotatable bonds is 4. The second-order valence-corrected chi connectivity index (χ2v) is 5.87. The van der Waals surface area contributed by atoms with Gasteiger partial charge in [0.1, 0.15) is 0 Å². The van der Waals surface area contributed by atoms with Crippen LogP contribution in [0.25, 0.3) is 0 Å².